The van der Waals surface area contributed by atoms with Crippen molar-refractivity contribution in [2.45, 2.75) is 20.1 Å². The van der Waals surface area contributed by atoms with Crippen LogP contribution in [-0.2, 0) is 13.2 Å². The summed E-state index contributed by atoms with van der Waals surface area (Å²) in [7, 11) is 0. The SMILES string of the molecule is Cc1ccccc1OCCn1c(COc2ccc(Cl)cc2)nc2ccccc21. The molecule has 0 radical (unpaired) electrons. The largest absolute Gasteiger partial charge is 0.491 e. The topological polar surface area (TPSA) is 36.3 Å². The lowest BCUT2D eigenvalue weighted by atomic mass is 10.2. The standard InChI is InChI=1S/C23H21ClN2O2/c1-17-6-2-5-9-22(17)27-15-14-26-21-8-4-3-7-20(21)25-23(26)16-28-19-12-10-18(24)11-13-19/h2-13H,14-16H2,1H3. The van der Waals surface area contributed by atoms with Crippen molar-refractivity contribution in [1.29, 1.82) is 0 Å². The molecule has 4 nitrogen and oxygen atoms in total. The van der Waals surface area contributed by atoms with E-state index in [1.165, 1.54) is 0 Å². The van der Waals surface area contributed by atoms with Gasteiger partial charge in [-0.1, -0.05) is 41.9 Å². The van der Waals surface area contributed by atoms with E-state index in [4.69, 9.17) is 26.1 Å². The molecule has 0 atom stereocenters. The Kier molecular flexibility index (Phi) is 5.49. The number of nitrogens with zero attached hydrogens (tertiary/aromatic N) is 2. The summed E-state index contributed by atoms with van der Waals surface area (Å²) in [4.78, 5) is 4.74. The van der Waals surface area contributed by atoms with Crippen LogP contribution in [0.2, 0.25) is 5.02 Å². The number of benzene rings is 3. The second kappa shape index (κ2) is 8.36. The molecule has 1 heterocycles. The highest BCUT2D eigenvalue weighted by molar-refractivity contribution is 6.30. The maximum absolute atomic E-state index is 5.99. The first-order valence-corrected chi connectivity index (χ1v) is 9.59. The number of ether oxygens (including phenoxy) is 2. The highest BCUT2D eigenvalue weighted by Gasteiger charge is 2.11. The number of hydrogen-bond donors (Lipinski definition) is 0. The van der Waals surface area contributed by atoms with E-state index >= 15 is 0 Å². The summed E-state index contributed by atoms with van der Waals surface area (Å²) in [5.41, 5.74) is 3.16. The smallest absolute Gasteiger partial charge is 0.148 e. The van der Waals surface area contributed by atoms with E-state index < -0.39 is 0 Å². The molecule has 142 valence electrons. The molecule has 0 saturated carbocycles. The summed E-state index contributed by atoms with van der Waals surface area (Å²) < 4.78 is 14.1. The number of aromatic nitrogens is 2. The first-order valence-electron chi connectivity index (χ1n) is 9.21. The van der Waals surface area contributed by atoms with Crippen molar-refractivity contribution in [3.63, 3.8) is 0 Å². The van der Waals surface area contributed by atoms with Crippen LogP contribution in [0.25, 0.3) is 11.0 Å². The summed E-state index contributed by atoms with van der Waals surface area (Å²) in [6, 6.07) is 23.5. The molecule has 28 heavy (non-hydrogen) atoms. The Morgan fingerprint density at radius 1 is 0.893 bits per heavy atom. The van der Waals surface area contributed by atoms with Gasteiger partial charge in [0.15, 0.2) is 0 Å². The van der Waals surface area contributed by atoms with Crippen LogP contribution in [0.4, 0.5) is 0 Å². The molecule has 0 N–H and O–H groups in total. The third-order valence-corrected chi connectivity index (χ3v) is 4.83. The molecule has 0 fully saturated rings. The third-order valence-electron chi connectivity index (χ3n) is 4.58. The molecule has 3 aromatic carbocycles. The molecular formula is C23H21ClN2O2. The van der Waals surface area contributed by atoms with Gasteiger partial charge in [-0.3, -0.25) is 0 Å². The molecule has 0 spiro atoms. The Morgan fingerprint density at radius 2 is 1.64 bits per heavy atom. The van der Waals surface area contributed by atoms with Crippen LogP contribution in [-0.4, -0.2) is 16.2 Å². The molecule has 5 heteroatoms. The van der Waals surface area contributed by atoms with Gasteiger partial charge in [0.1, 0.15) is 30.5 Å². The van der Waals surface area contributed by atoms with Gasteiger partial charge in [-0.15, -0.1) is 0 Å². The van der Waals surface area contributed by atoms with E-state index in [0.717, 1.165) is 33.9 Å². The lowest BCUT2D eigenvalue weighted by Gasteiger charge is -2.13. The van der Waals surface area contributed by atoms with Gasteiger partial charge in [0.05, 0.1) is 17.6 Å². The molecule has 0 amide bonds. The van der Waals surface area contributed by atoms with Gasteiger partial charge < -0.3 is 14.0 Å². The molecule has 0 aliphatic carbocycles. The van der Waals surface area contributed by atoms with Gasteiger partial charge in [0.25, 0.3) is 0 Å². The number of rotatable bonds is 7. The van der Waals surface area contributed by atoms with E-state index in [2.05, 4.69) is 10.6 Å². The van der Waals surface area contributed by atoms with Crippen molar-refractivity contribution < 1.29 is 9.47 Å². The summed E-state index contributed by atoms with van der Waals surface area (Å²) in [6.45, 7) is 3.67. The number of hydrogen-bond acceptors (Lipinski definition) is 3. The molecule has 1 aromatic heterocycles. The first-order chi connectivity index (χ1) is 13.7. The quantitative estimate of drug-likeness (QED) is 0.407. The Balaban J connectivity index is 1.51. The second-order valence-electron chi connectivity index (χ2n) is 6.52. The highest BCUT2D eigenvalue weighted by Crippen LogP contribution is 2.21. The number of imidazole rings is 1. The number of aryl methyl sites for hydroxylation is 1. The van der Waals surface area contributed by atoms with Gasteiger partial charge >= 0.3 is 0 Å². The number of fused-ring (bicyclic) bond motifs is 1. The van der Waals surface area contributed by atoms with Gasteiger partial charge in [0, 0.05) is 5.02 Å². The van der Waals surface area contributed by atoms with Crippen LogP contribution in [0.3, 0.4) is 0 Å². The predicted molar refractivity (Wildman–Crippen MR) is 112 cm³/mol. The minimum atomic E-state index is 0.376. The molecular weight excluding hydrogens is 372 g/mol. The number of halogens is 1. The number of para-hydroxylation sites is 3. The second-order valence-corrected chi connectivity index (χ2v) is 6.96. The van der Waals surface area contributed by atoms with Crippen molar-refractivity contribution in [3.8, 4) is 11.5 Å². The summed E-state index contributed by atoms with van der Waals surface area (Å²) in [5, 5.41) is 0.688. The Hall–Kier alpha value is -2.98. The highest BCUT2D eigenvalue weighted by atomic mass is 35.5. The van der Waals surface area contributed by atoms with E-state index in [0.29, 0.717) is 24.8 Å². The lowest BCUT2D eigenvalue weighted by molar-refractivity contribution is 0.271. The maximum atomic E-state index is 5.99. The minimum absolute atomic E-state index is 0.376. The molecule has 4 aromatic rings. The first kappa shape index (κ1) is 18.4. The maximum Gasteiger partial charge on any atom is 0.148 e. The Morgan fingerprint density at radius 3 is 2.46 bits per heavy atom. The molecule has 0 saturated heterocycles. The third kappa shape index (κ3) is 4.12. The summed E-state index contributed by atoms with van der Waals surface area (Å²) in [5.74, 6) is 2.54. The van der Waals surface area contributed by atoms with E-state index in [1.807, 2.05) is 73.7 Å². The van der Waals surface area contributed by atoms with Crippen molar-refractivity contribution in [2.24, 2.45) is 0 Å². The summed E-state index contributed by atoms with van der Waals surface area (Å²) in [6.07, 6.45) is 0. The molecule has 0 bridgehead atoms. The fraction of sp³-hybridized carbons (Fsp3) is 0.174. The van der Waals surface area contributed by atoms with Crippen molar-refractivity contribution in [2.75, 3.05) is 6.61 Å². The molecule has 4 rings (SSSR count). The van der Waals surface area contributed by atoms with Crippen molar-refractivity contribution in [3.05, 3.63) is 89.2 Å². The average Bonchev–Trinajstić information content (AvgIpc) is 3.07. The van der Waals surface area contributed by atoms with Crippen LogP contribution < -0.4 is 9.47 Å². The van der Waals surface area contributed by atoms with E-state index in [9.17, 15) is 0 Å². The fourth-order valence-corrected chi connectivity index (χ4v) is 3.26. The zero-order valence-corrected chi connectivity index (χ0v) is 16.4. The Bertz CT molecular complexity index is 1070. The van der Waals surface area contributed by atoms with Crippen LogP contribution in [0.1, 0.15) is 11.4 Å². The fourth-order valence-electron chi connectivity index (χ4n) is 3.13. The molecule has 0 unspecified atom stereocenters. The monoisotopic (exact) mass is 392 g/mol. The van der Waals surface area contributed by atoms with E-state index in [1.54, 1.807) is 0 Å². The van der Waals surface area contributed by atoms with Gasteiger partial charge in [-0.05, 0) is 55.0 Å². The zero-order valence-electron chi connectivity index (χ0n) is 15.6. The van der Waals surface area contributed by atoms with Crippen LogP contribution in [0.5, 0.6) is 11.5 Å². The van der Waals surface area contributed by atoms with Crippen molar-refractivity contribution >= 4 is 22.6 Å². The minimum Gasteiger partial charge on any atom is -0.491 e. The van der Waals surface area contributed by atoms with Crippen LogP contribution >= 0.6 is 11.6 Å². The van der Waals surface area contributed by atoms with E-state index in [-0.39, 0.29) is 0 Å². The molecule has 0 aliphatic rings. The zero-order chi connectivity index (χ0) is 19.3. The summed E-state index contributed by atoms with van der Waals surface area (Å²) >= 11 is 5.94. The van der Waals surface area contributed by atoms with Crippen molar-refractivity contribution in [1.82, 2.24) is 9.55 Å². The lowest BCUT2D eigenvalue weighted by Crippen LogP contribution is -2.13. The van der Waals surface area contributed by atoms with Gasteiger partial charge in [-0.25, -0.2) is 4.98 Å². The normalized spacial score (nSPS) is 10.9. The van der Waals surface area contributed by atoms with Gasteiger partial charge in [0.2, 0.25) is 0 Å². The molecule has 0 aliphatic heterocycles. The average molecular weight is 393 g/mol. The predicted octanol–water partition coefficient (Wildman–Crippen LogP) is 5.66. The van der Waals surface area contributed by atoms with Gasteiger partial charge in [-0.2, -0.15) is 0 Å². The van der Waals surface area contributed by atoms with Crippen LogP contribution in [0, 0.1) is 6.92 Å². The van der Waals surface area contributed by atoms with Crippen LogP contribution in [0.15, 0.2) is 72.8 Å². The Labute approximate surface area is 169 Å².